The minimum absolute atomic E-state index is 0.0903. The predicted molar refractivity (Wildman–Crippen MR) is 95.3 cm³/mol. The van der Waals surface area contributed by atoms with E-state index in [4.69, 9.17) is 0 Å². The third-order valence-electron chi connectivity index (χ3n) is 4.40. The van der Waals surface area contributed by atoms with Gasteiger partial charge in [-0.25, -0.2) is 14.4 Å². The molecule has 3 amide bonds. The molecule has 0 saturated carbocycles. The van der Waals surface area contributed by atoms with Crippen LogP contribution in [0.25, 0.3) is 0 Å². The summed E-state index contributed by atoms with van der Waals surface area (Å²) in [5.41, 5.74) is 1.40. The van der Waals surface area contributed by atoms with Gasteiger partial charge in [0.05, 0.1) is 24.7 Å². The molecule has 7 heteroatoms. The first-order valence-corrected chi connectivity index (χ1v) is 8.43. The van der Waals surface area contributed by atoms with Gasteiger partial charge in [0.15, 0.2) is 0 Å². The summed E-state index contributed by atoms with van der Waals surface area (Å²) >= 11 is 0. The number of hydrogen-bond acceptors (Lipinski definition) is 3. The summed E-state index contributed by atoms with van der Waals surface area (Å²) in [6.45, 7) is 0.0903. The van der Waals surface area contributed by atoms with Crippen molar-refractivity contribution in [3.63, 3.8) is 0 Å². The average molecular weight is 361 g/mol. The van der Waals surface area contributed by atoms with Crippen molar-refractivity contribution in [1.29, 1.82) is 0 Å². The molecule has 1 aliphatic heterocycles. The maximum atomic E-state index is 13.1. The number of hydrazine groups is 1. The van der Waals surface area contributed by atoms with Crippen molar-refractivity contribution in [3.05, 3.63) is 90.0 Å². The van der Waals surface area contributed by atoms with Gasteiger partial charge < -0.3 is 0 Å². The van der Waals surface area contributed by atoms with Gasteiger partial charge in [0, 0.05) is 0 Å². The highest BCUT2D eigenvalue weighted by molar-refractivity contribution is 6.21. The van der Waals surface area contributed by atoms with Gasteiger partial charge in [-0.15, -0.1) is 0 Å². The first-order valence-electron chi connectivity index (χ1n) is 8.43. The molecule has 3 aromatic rings. The maximum Gasteiger partial charge on any atom is 0.435 e. The van der Waals surface area contributed by atoms with Crippen LogP contribution in [0.15, 0.2) is 73.3 Å². The maximum absolute atomic E-state index is 13.1. The number of carbonyl (C=O) groups is 3. The average Bonchev–Trinajstić information content (AvgIpc) is 3.23. The summed E-state index contributed by atoms with van der Waals surface area (Å²) in [7, 11) is 1.79. The van der Waals surface area contributed by atoms with E-state index in [1.165, 1.54) is 9.58 Å². The van der Waals surface area contributed by atoms with Crippen LogP contribution in [-0.4, -0.2) is 32.4 Å². The molecule has 134 valence electrons. The smallest absolute Gasteiger partial charge is 0.267 e. The van der Waals surface area contributed by atoms with Gasteiger partial charge in [0.1, 0.15) is 12.4 Å². The fourth-order valence-corrected chi connectivity index (χ4v) is 3.07. The van der Waals surface area contributed by atoms with E-state index in [0.29, 0.717) is 11.1 Å². The quantitative estimate of drug-likeness (QED) is 0.529. The van der Waals surface area contributed by atoms with Crippen LogP contribution in [0.1, 0.15) is 26.3 Å². The minimum atomic E-state index is -0.503. The highest BCUT2D eigenvalue weighted by atomic mass is 16.2. The van der Waals surface area contributed by atoms with Crippen LogP contribution in [0.2, 0.25) is 0 Å². The first-order chi connectivity index (χ1) is 13.1. The molecule has 0 radical (unpaired) electrons. The highest BCUT2D eigenvalue weighted by Crippen LogP contribution is 2.25. The Labute approximate surface area is 155 Å². The molecule has 4 rings (SSSR count). The van der Waals surface area contributed by atoms with E-state index in [9.17, 15) is 14.4 Å². The Bertz CT molecular complexity index is 1010. The third-order valence-corrected chi connectivity index (χ3v) is 4.40. The van der Waals surface area contributed by atoms with E-state index in [0.717, 1.165) is 10.6 Å². The number of aromatic nitrogens is 2. The van der Waals surface area contributed by atoms with Crippen LogP contribution < -0.4 is 4.57 Å². The Morgan fingerprint density at radius 2 is 1.56 bits per heavy atom. The second-order valence-corrected chi connectivity index (χ2v) is 6.28. The van der Waals surface area contributed by atoms with Gasteiger partial charge in [0.2, 0.25) is 0 Å². The van der Waals surface area contributed by atoms with E-state index in [1.54, 1.807) is 54.6 Å². The highest BCUT2D eigenvalue weighted by Gasteiger charge is 2.42. The monoisotopic (exact) mass is 361 g/mol. The van der Waals surface area contributed by atoms with Crippen molar-refractivity contribution in [3.8, 4) is 0 Å². The van der Waals surface area contributed by atoms with Crippen LogP contribution in [0, 0.1) is 0 Å². The number of rotatable bonds is 3. The standard InChI is InChI=1S/C20H17N4O3/c1-21-11-12-22(14-21)20(27)23(13-15-7-3-2-4-8-15)24-18(25)16-9-5-6-10-17(16)19(24)26/h2-12,14H,13H2,1H3/q+1. The molecule has 7 nitrogen and oxygen atoms in total. The molecule has 0 saturated heterocycles. The zero-order chi connectivity index (χ0) is 19.0. The van der Waals surface area contributed by atoms with E-state index in [1.807, 2.05) is 30.3 Å². The van der Waals surface area contributed by atoms with Crippen molar-refractivity contribution in [2.75, 3.05) is 0 Å². The van der Waals surface area contributed by atoms with Crippen LogP contribution in [-0.2, 0) is 13.6 Å². The van der Waals surface area contributed by atoms with E-state index in [2.05, 4.69) is 0 Å². The van der Waals surface area contributed by atoms with Gasteiger partial charge in [-0.2, -0.15) is 9.58 Å². The lowest BCUT2D eigenvalue weighted by molar-refractivity contribution is -0.670. The van der Waals surface area contributed by atoms with Gasteiger partial charge in [0.25, 0.3) is 18.1 Å². The number of imidazole rings is 1. The molecule has 2 aromatic carbocycles. The summed E-state index contributed by atoms with van der Waals surface area (Å²) in [5.74, 6) is -1.01. The van der Waals surface area contributed by atoms with Crippen molar-refractivity contribution in [2.24, 2.45) is 7.05 Å². The Balaban J connectivity index is 1.75. The molecule has 0 atom stereocenters. The zero-order valence-corrected chi connectivity index (χ0v) is 14.6. The van der Waals surface area contributed by atoms with Crippen molar-refractivity contribution < 1.29 is 19.0 Å². The number of amides is 3. The molecule has 0 aliphatic carbocycles. The number of imide groups is 1. The number of nitrogens with zero attached hydrogens (tertiary/aromatic N) is 4. The number of carbonyl (C=O) groups excluding carboxylic acids is 3. The predicted octanol–water partition coefficient (Wildman–Crippen LogP) is 1.99. The first kappa shape index (κ1) is 16.7. The van der Waals surface area contributed by atoms with Crippen molar-refractivity contribution in [2.45, 2.75) is 6.54 Å². The lowest BCUT2D eigenvalue weighted by atomic mass is 10.1. The van der Waals surface area contributed by atoms with Gasteiger partial charge >= 0.3 is 6.03 Å². The van der Waals surface area contributed by atoms with Crippen molar-refractivity contribution in [1.82, 2.24) is 14.6 Å². The fraction of sp³-hybridized carbons (Fsp3) is 0.100. The molecule has 0 bridgehead atoms. The fourth-order valence-electron chi connectivity index (χ4n) is 3.07. The molecule has 1 aliphatic rings. The van der Waals surface area contributed by atoms with Gasteiger partial charge in [-0.3, -0.25) is 9.59 Å². The lowest BCUT2D eigenvalue weighted by Crippen LogP contribution is -2.50. The Morgan fingerprint density at radius 1 is 0.963 bits per heavy atom. The third kappa shape index (κ3) is 2.89. The Hall–Kier alpha value is -3.74. The molecule has 0 N–H and O–H groups in total. The largest absolute Gasteiger partial charge is 0.435 e. The van der Waals surface area contributed by atoms with E-state index < -0.39 is 17.8 Å². The van der Waals surface area contributed by atoms with E-state index in [-0.39, 0.29) is 6.54 Å². The number of benzene rings is 2. The molecule has 0 spiro atoms. The van der Waals surface area contributed by atoms with Gasteiger partial charge in [-0.05, 0) is 17.7 Å². The van der Waals surface area contributed by atoms with Crippen molar-refractivity contribution >= 4 is 17.8 Å². The summed E-state index contributed by atoms with van der Waals surface area (Å²) in [6, 6.07) is 15.3. The minimum Gasteiger partial charge on any atom is -0.267 e. The summed E-state index contributed by atoms with van der Waals surface area (Å²) in [5, 5.41) is 2.11. The molecular formula is C20H17N4O3+. The van der Waals surface area contributed by atoms with Crippen LogP contribution in [0.3, 0.4) is 0 Å². The van der Waals surface area contributed by atoms with E-state index >= 15 is 0 Å². The summed E-state index contributed by atoms with van der Waals surface area (Å²) in [4.78, 5) is 38.9. The lowest BCUT2D eigenvalue weighted by Gasteiger charge is -2.27. The molecule has 2 heterocycles. The zero-order valence-electron chi connectivity index (χ0n) is 14.6. The molecular weight excluding hydrogens is 344 g/mol. The topological polar surface area (TPSA) is 66.5 Å². The van der Waals surface area contributed by atoms with Crippen LogP contribution >= 0.6 is 0 Å². The normalized spacial score (nSPS) is 13.0. The molecule has 1 aromatic heterocycles. The summed E-state index contributed by atoms with van der Waals surface area (Å²) < 4.78 is 3.05. The van der Waals surface area contributed by atoms with Gasteiger partial charge in [-0.1, -0.05) is 42.5 Å². The Kier molecular flexibility index (Phi) is 4.04. The molecule has 27 heavy (non-hydrogen) atoms. The Morgan fingerprint density at radius 3 is 2.11 bits per heavy atom. The number of aryl methyl sites for hydroxylation is 1. The molecule has 0 fully saturated rings. The SMILES string of the molecule is C[n+]1ccn(C(=O)N(Cc2ccccc2)N2C(=O)c3ccccc3C2=O)c1. The molecule has 0 unspecified atom stereocenters. The summed E-state index contributed by atoms with van der Waals surface area (Å²) in [6.07, 6.45) is 4.87. The number of hydrogen-bond donors (Lipinski definition) is 0. The number of fused-ring (bicyclic) bond motifs is 1. The second-order valence-electron chi connectivity index (χ2n) is 6.28. The van der Waals surface area contributed by atoms with Crippen LogP contribution in [0.4, 0.5) is 4.79 Å². The van der Waals surface area contributed by atoms with Crippen LogP contribution in [0.5, 0.6) is 0 Å². The second kappa shape index (κ2) is 6.53.